The average molecular weight is 734 g/mol. The second-order valence-corrected chi connectivity index (χ2v) is 15.5. The van der Waals surface area contributed by atoms with Crippen LogP contribution in [-0.4, -0.2) is 14.5 Å². The average Bonchev–Trinajstić information content (AvgIpc) is 3.83. The molecular formula is C52H35N3S. The molecule has 7 aromatic carbocycles. The largest absolute Gasteiger partial charge is 0.308 e. The fourth-order valence-corrected chi connectivity index (χ4v) is 9.66. The predicted molar refractivity (Wildman–Crippen MR) is 237 cm³/mol. The van der Waals surface area contributed by atoms with Crippen LogP contribution in [-0.2, 0) is 0 Å². The normalized spacial score (nSPS) is 14.0. The number of aromatic nitrogens is 3. The van der Waals surface area contributed by atoms with E-state index in [1.54, 1.807) is 0 Å². The van der Waals surface area contributed by atoms with Crippen molar-refractivity contribution in [2.24, 2.45) is 0 Å². The molecule has 4 heteroatoms. The molecule has 0 fully saturated rings. The maximum atomic E-state index is 5.34. The van der Waals surface area contributed by atoms with E-state index in [0.29, 0.717) is 11.7 Å². The van der Waals surface area contributed by atoms with Gasteiger partial charge in [0.15, 0.2) is 5.82 Å². The number of allylic oxidation sites excluding steroid dienone is 4. The first-order valence-corrected chi connectivity index (χ1v) is 20.0. The molecule has 10 aromatic rings. The molecule has 3 nitrogen and oxygen atoms in total. The van der Waals surface area contributed by atoms with Gasteiger partial charge in [0.1, 0.15) is 0 Å². The molecular weight excluding hydrogens is 699 g/mol. The maximum Gasteiger partial charge on any atom is 0.160 e. The Labute approximate surface area is 329 Å². The number of para-hydroxylation sites is 1. The van der Waals surface area contributed by atoms with Gasteiger partial charge in [0.2, 0.25) is 0 Å². The number of thiophene rings is 1. The van der Waals surface area contributed by atoms with Crippen LogP contribution in [0.4, 0.5) is 0 Å². The van der Waals surface area contributed by atoms with Crippen LogP contribution in [0.2, 0.25) is 0 Å². The molecule has 11 rings (SSSR count). The standard InChI is InChI=1S/C52H35N3S/c1-4-16-34(17-5-1)37-22-14-23-38(30-37)44-33-45(54-52(53-44)36-20-8-3-9-21-36)41-26-15-28-47-50(41)42-25-10-12-27-46(42)55(47)48-32-39(35-18-6-2-7-19-35)31-43-40-24-11-13-29-49(40)56-51(43)48/h1-18,20-33,35H,19H2. The quantitative estimate of drug-likeness (QED) is 0.170. The molecule has 0 spiro atoms. The third-order valence-electron chi connectivity index (χ3n) is 11.1. The maximum absolute atomic E-state index is 5.34. The van der Waals surface area contributed by atoms with Gasteiger partial charge in [0, 0.05) is 48.9 Å². The first kappa shape index (κ1) is 32.5. The molecule has 1 unspecified atom stereocenters. The lowest BCUT2D eigenvalue weighted by Gasteiger charge is -2.17. The summed E-state index contributed by atoms with van der Waals surface area (Å²) < 4.78 is 5.11. The molecule has 0 aliphatic heterocycles. The highest BCUT2D eigenvalue weighted by atomic mass is 32.1. The number of rotatable bonds is 6. The van der Waals surface area contributed by atoms with Crippen molar-refractivity contribution in [3.05, 3.63) is 200 Å². The number of fused-ring (bicyclic) bond motifs is 6. The van der Waals surface area contributed by atoms with Crippen LogP contribution in [0.25, 0.3) is 92.7 Å². The Balaban J connectivity index is 1.17. The molecule has 0 saturated carbocycles. The third kappa shape index (κ3) is 5.49. The van der Waals surface area contributed by atoms with Crippen LogP contribution >= 0.6 is 11.3 Å². The van der Waals surface area contributed by atoms with Gasteiger partial charge >= 0.3 is 0 Å². The zero-order chi connectivity index (χ0) is 37.0. The Kier molecular flexibility index (Phi) is 7.82. The topological polar surface area (TPSA) is 30.7 Å². The summed E-state index contributed by atoms with van der Waals surface area (Å²) in [6.45, 7) is 0. The number of hydrogen-bond donors (Lipinski definition) is 0. The van der Waals surface area contributed by atoms with E-state index in [1.165, 1.54) is 53.3 Å². The minimum absolute atomic E-state index is 0.321. The van der Waals surface area contributed by atoms with Crippen LogP contribution < -0.4 is 0 Å². The van der Waals surface area contributed by atoms with E-state index >= 15 is 0 Å². The molecule has 1 aliphatic rings. The van der Waals surface area contributed by atoms with Crippen molar-refractivity contribution >= 4 is 53.3 Å². The Hall–Kier alpha value is -6.88. The van der Waals surface area contributed by atoms with E-state index < -0.39 is 0 Å². The summed E-state index contributed by atoms with van der Waals surface area (Å²) in [5, 5.41) is 5.01. The summed E-state index contributed by atoms with van der Waals surface area (Å²) in [5.41, 5.74) is 12.1. The van der Waals surface area contributed by atoms with Crippen molar-refractivity contribution < 1.29 is 0 Å². The fourth-order valence-electron chi connectivity index (χ4n) is 8.47. The summed E-state index contributed by atoms with van der Waals surface area (Å²) >= 11 is 1.88. The van der Waals surface area contributed by atoms with Gasteiger partial charge in [-0.05, 0) is 65.6 Å². The summed E-state index contributed by atoms with van der Waals surface area (Å²) in [6, 6.07) is 61.0. The SMILES string of the molecule is C1=CCC(c2cc(-n3c4ccccc4c4c(-c5cc(-c6cccc(-c7ccccc7)c6)nc(-c6ccccc6)n5)cccc43)c3sc4ccccc4c3c2)C=C1. The van der Waals surface area contributed by atoms with Crippen molar-refractivity contribution in [3.63, 3.8) is 0 Å². The van der Waals surface area contributed by atoms with Crippen LogP contribution in [0.5, 0.6) is 0 Å². The van der Waals surface area contributed by atoms with Gasteiger partial charge in [-0.1, -0.05) is 152 Å². The van der Waals surface area contributed by atoms with E-state index in [1.807, 2.05) is 17.4 Å². The number of benzene rings is 7. The highest BCUT2D eigenvalue weighted by Gasteiger charge is 2.22. The summed E-state index contributed by atoms with van der Waals surface area (Å²) in [6.07, 6.45) is 9.97. The van der Waals surface area contributed by atoms with Gasteiger partial charge in [-0.15, -0.1) is 11.3 Å². The van der Waals surface area contributed by atoms with E-state index in [2.05, 4.69) is 193 Å². The second kappa shape index (κ2) is 13.5. The van der Waals surface area contributed by atoms with Gasteiger partial charge in [-0.3, -0.25) is 0 Å². The first-order chi connectivity index (χ1) is 27.8. The molecule has 1 atom stereocenters. The molecule has 3 heterocycles. The Morgan fingerprint density at radius 1 is 0.518 bits per heavy atom. The van der Waals surface area contributed by atoms with Crippen LogP contribution in [0.3, 0.4) is 0 Å². The van der Waals surface area contributed by atoms with Crippen LogP contribution in [0, 0.1) is 0 Å². The molecule has 1 aliphatic carbocycles. The second-order valence-electron chi connectivity index (χ2n) is 14.5. The van der Waals surface area contributed by atoms with Gasteiger partial charge in [-0.25, -0.2) is 9.97 Å². The van der Waals surface area contributed by atoms with E-state index in [4.69, 9.17) is 9.97 Å². The van der Waals surface area contributed by atoms with Gasteiger partial charge in [-0.2, -0.15) is 0 Å². The lowest BCUT2D eigenvalue weighted by atomic mass is 9.91. The van der Waals surface area contributed by atoms with Gasteiger partial charge in [0.25, 0.3) is 0 Å². The summed E-state index contributed by atoms with van der Waals surface area (Å²) in [7, 11) is 0. The minimum atomic E-state index is 0.321. The molecule has 56 heavy (non-hydrogen) atoms. The van der Waals surface area contributed by atoms with E-state index in [-0.39, 0.29) is 0 Å². The van der Waals surface area contributed by atoms with E-state index in [9.17, 15) is 0 Å². The molecule has 0 amide bonds. The van der Waals surface area contributed by atoms with Crippen molar-refractivity contribution in [2.45, 2.75) is 12.3 Å². The summed E-state index contributed by atoms with van der Waals surface area (Å²) in [4.78, 5) is 10.6. The highest BCUT2D eigenvalue weighted by Crippen LogP contribution is 2.45. The Morgan fingerprint density at radius 3 is 2.05 bits per heavy atom. The molecule has 3 aromatic heterocycles. The zero-order valence-electron chi connectivity index (χ0n) is 30.5. The molecule has 264 valence electrons. The van der Waals surface area contributed by atoms with Gasteiger partial charge in [0.05, 0.1) is 32.8 Å². The Morgan fingerprint density at radius 2 is 1.21 bits per heavy atom. The third-order valence-corrected chi connectivity index (χ3v) is 12.3. The lowest BCUT2D eigenvalue weighted by Crippen LogP contribution is -2.00. The van der Waals surface area contributed by atoms with Crippen LogP contribution in [0.1, 0.15) is 17.9 Å². The van der Waals surface area contributed by atoms with Gasteiger partial charge < -0.3 is 4.57 Å². The first-order valence-electron chi connectivity index (χ1n) is 19.2. The minimum Gasteiger partial charge on any atom is -0.308 e. The Bertz CT molecular complexity index is 3170. The molecule has 0 N–H and O–H groups in total. The smallest absolute Gasteiger partial charge is 0.160 e. The molecule has 0 saturated heterocycles. The van der Waals surface area contributed by atoms with Crippen molar-refractivity contribution in [3.8, 4) is 50.7 Å². The predicted octanol–water partition coefficient (Wildman–Crippen LogP) is 14.2. The van der Waals surface area contributed by atoms with Crippen molar-refractivity contribution in [1.29, 1.82) is 0 Å². The van der Waals surface area contributed by atoms with Crippen molar-refractivity contribution in [1.82, 2.24) is 14.5 Å². The lowest BCUT2D eigenvalue weighted by molar-refractivity contribution is 0.854. The number of nitrogens with zero attached hydrogens (tertiary/aromatic N) is 3. The van der Waals surface area contributed by atoms with Crippen LogP contribution in [0.15, 0.2) is 194 Å². The number of hydrogen-bond acceptors (Lipinski definition) is 3. The van der Waals surface area contributed by atoms with Crippen molar-refractivity contribution in [2.75, 3.05) is 0 Å². The zero-order valence-corrected chi connectivity index (χ0v) is 31.3. The van der Waals surface area contributed by atoms with E-state index in [0.717, 1.165) is 45.6 Å². The molecule has 0 radical (unpaired) electrons. The highest BCUT2D eigenvalue weighted by molar-refractivity contribution is 7.26. The summed E-state index contributed by atoms with van der Waals surface area (Å²) in [5.74, 6) is 1.03. The monoisotopic (exact) mass is 733 g/mol. The molecule has 0 bridgehead atoms. The fraction of sp³-hybridized carbons (Fsp3) is 0.0385.